The molecule has 0 spiro atoms. The molecular formula is C20H17ClFNO. The molecule has 0 aromatic heterocycles. The molecule has 0 heterocycles. The molecule has 0 radical (unpaired) electrons. The Hall–Kier alpha value is -2.52. The quantitative estimate of drug-likeness (QED) is 0.623. The standard InChI is InChI=1S/C20H17ClFNO/c21-18-9-2-4-11-20(18)23-13-15-6-5-8-17(12-15)24-14-16-7-1-3-10-19(16)22/h1-12,23H,13-14H2. The number of hydrogen-bond donors (Lipinski definition) is 1. The summed E-state index contributed by atoms with van der Waals surface area (Å²) in [6, 6.07) is 21.9. The number of nitrogens with one attached hydrogen (secondary N) is 1. The predicted molar refractivity (Wildman–Crippen MR) is 96.0 cm³/mol. The van der Waals surface area contributed by atoms with Gasteiger partial charge in [-0.3, -0.25) is 0 Å². The van der Waals surface area contributed by atoms with Crippen LogP contribution in [0.5, 0.6) is 5.75 Å². The predicted octanol–water partition coefficient (Wildman–Crippen LogP) is 5.67. The van der Waals surface area contributed by atoms with Crippen LogP contribution in [0.15, 0.2) is 72.8 Å². The first-order chi connectivity index (χ1) is 11.7. The van der Waals surface area contributed by atoms with Crippen LogP contribution in [0.1, 0.15) is 11.1 Å². The van der Waals surface area contributed by atoms with Crippen molar-refractivity contribution >= 4 is 17.3 Å². The van der Waals surface area contributed by atoms with Crippen LogP contribution in [0.4, 0.5) is 10.1 Å². The van der Waals surface area contributed by atoms with E-state index in [1.165, 1.54) is 6.07 Å². The first-order valence-electron chi connectivity index (χ1n) is 7.66. The van der Waals surface area contributed by atoms with Gasteiger partial charge in [-0.15, -0.1) is 0 Å². The Kier molecular flexibility index (Phi) is 5.34. The van der Waals surface area contributed by atoms with Crippen LogP contribution in [0, 0.1) is 5.82 Å². The van der Waals surface area contributed by atoms with Gasteiger partial charge in [0.15, 0.2) is 0 Å². The van der Waals surface area contributed by atoms with E-state index in [1.54, 1.807) is 18.2 Å². The molecule has 0 saturated heterocycles. The van der Waals surface area contributed by atoms with Crippen LogP contribution >= 0.6 is 11.6 Å². The van der Waals surface area contributed by atoms with Gasteiger partial charge in [0, 0.05) is 12.1 Å². The van der Waals surface area contributed by atoms with Crippen molar-refractivity contribution in [3.8, 4) is 5.75 Å². The second-order valence-electron chi connectivity index (χ2n) is 5.36. The zero-order valence-electron chi connectivity index (χ0n) is 13.0. The molecule has 0 fully saturated rings. The van der Waals surface area contributed by atoms with E-state index in [0.717, 1.165) is 11.3 Å². The summed E-state index contributed by atoms with van der Waals surface area (Å²) in [5, 5.41) is 3.98. The molecule has 0 saturated carbocycles. The van der Waals surface area contributed by atoms with Crippen LogP contribution in [-0.4, -0.2) is 0 Å². The van der Waals surface area contributed by atoms with E-state index in [1.807, 2.05) is 48.5 Å². The molecule has 3 aromatic rings. The Morgan fingerprint density at radius 2 is 1.71 bits per heavy atom. The third kappa shape index (κ3) is 4.27. The smallest absolute Gasteiger partial charge is 0.129 e. The second kappa shape index (κ2) is 7.84. The van der Waals surface area contributed by atoms with Crippen LogP contribution in [0.2, 0.25) is 5.02 Å². The molecule has 0 atom stereocenters. The summed E-state index contributed by atoms with van der Waals surface area (Å²) in [6.07, 6.45) is 0. The van der Waals surface area contributed by atoms with Crippen LogP contribution in [0.25, 0.3) is 0 Å². The lowest BCUT2D eigenvalue weighted by Gasteiger charge is -2.11. The van der Waals surface area contributed by atoms with Gasteiger partial charge in [0.2, 0.25) is 0 Å². The minimum atomic E-state index is -0.256. The number of anilines is 1. The van der Waals surface area contributed by atoms with Crippen molar-refractivity contribution in [2.75, 3.05) is 5.32 Å². The Morgan fingerprint density at radius 3 is 2.54 bits per heavy atom. The second-order valence-corrected chi connectivity index (χ2v) is 5.77. The molecule has 4 heteroatoms. The summed E-state index contributed by atoms with van der Waals surface area (Å²) in [7, 11) is 0. The molecule has 0 aliphatic carbocycles. The van der Waals surface area contributed by atoms with Crippen LogP contribution in [0.3, 0.4) is 0 Å². The van der Waals surface area contributed by atoms with Crippen molar-refractivity contribution < 1.29 is 9.13 Å². The highest BCUT2D eigenvalue weighted by Crippen LogP contribution is 2.22. The van der Waals surface area contributed by atoms with Crippen molar-refractivity contribution in [3.05, 3.63) is 94.8 Å². The lowest BCUT2D eigenvalue weighted by Crippen LogP contribution is -2.01. The lowest BCUT2D eigenvalue weighted by atomic mass is 10.2. The first-order valence-corrected chi connectivity index (χ1v) is 8.04. The first kappa shape index (κ1) is 16.3. The SMILES string of the molecule is Fc1ccccc1COc1cccc(CNc2ccccc2Cl)c1. The van der Waals surface area contributed by atoms with Crippen molar-refractivity contribution in [2.24, 2.45) is 0 Å². The molecule has 0 amide bonds. The fourth-order valence-electron chi connectivity index (χ4n) is 2.32. The average Bonchev–Trinajstić information content (AvgIpc) is 2.61. The Balaban J connectivity index is 1.62. The maximum absolute atomic E-state index is 13.6. The summed E-state index contributed by atoms with van der Waals surface area (Å²) < 4.78 is 19.3. The molecule has 1 N–H and O–H groups in total. The zero-order chi connectivity index (χ0) is 16.8. The van der Waals surface area contributed by atoms with Gasteiger partial charge in [0.1, 0.15) is 18.2 Å². The van der Waals surface area contributed by atoms with E-state index in [-0.39, 0.29) is 12.4 Å². The minimum absolute atomic E-state index is 0.202. The minimum Gasteiger partial charge on any atom is -0.489 e. The fourth-order valence-corrected chi connectivity index (χ4v) is 2.53. The van der Waals surface area contributed by atoms with Gasteiger partial charge in [0.25, 0.3) is 0 Å². The largest absolute Gasteiger partial charge is 0.489 e. The highest BCUT2D eigenvalue weighted by molar-refractivity contribution is 6.33. The molecule has 122 valence electrons. The maximum atomic E-state index is 13.6. The number of benzene rings is 3. The molecule has 0 bridgehead atoms. The lowest BCUT2D eigenvalue weighted by molar-refractivity contribution is 0.299. The number of halogens is 2. The third-order valence-electron chi connectivity index (χ3n) is 3.61. The van der Waals surface area contributed by atoms with Crippen molar-refractivity contribution in [2.45, 2.75) is 13.2 Å². The molecule has 0 aliphatic heterocycles. The monoisotopic (exact) mass is 341 g/mol. The van der Waals surface area contributed by atoms with Crippen LogP contribution < -0.4 is 10.1 Å². The normalized spacial score (nSPS) is 10.4. The van der Waals surface area contributed by atoms with Crippen molar-refractivity contribution in [1.82, 2.24) is 0 Å². The topological polar surface area (TPSA) is 21.3 Å². The number of para-hydroxylation sites is 1. The fraction of sp³-hybridized carbons (Fsp3) is 0.100. The van der Waals surface area contributed by atoms with E-state index in [2.05, 4.69) is 5.32 Å². The van der Waals surface area contributed by atoms with Gasteiger partial charge in [-0.25, -0.2) is 4.39 Å². The van der Waals surface area contributed by atoms with Gasteiger partial charge in [-0.2, -0.15) is 0 Å². The summed E-state index contributed by atoms with van der Waals surface area (Å²) >= 11 is 6.13. The molecule has 2 nitrogen and oxygen atoms in total. The summed E-state index contributed by atoms with van der Waals surface area (Å²) in [6.45, 7) is 0.828. The van der Waals surface area contributed by atoms with Crippen molar-refractivity contribution in [3.63, 3.8) is 0 Å². The Morgan fingerprint density at radius 1 is 0.917 bits per heavy atom. The average molecular weight is 342 g/mol. The van der Waals surface area contributed by atoms with Crippen molar-refractivity contribution in [1.29, 1.82) is 0 Å². The third-order valence-corrected chi connectivity index (χ3v) is 3.94. The van der Waals surface area contributed by atoms with Gasteiger partial charge in [0.05, 0.1) is 10.7 Å². The number of ether oxygens (including phenoxy) is 1. The summed E-state index contributed by atoms with van der Waals surface area (Å²) in [5.41, 5.74) is 2.48. The summed E-state index contributed by atoms with van der Waals surface area (Å²) in [4.78, 5) is 0. The Bertz CT molecular complexity index is 757. The molecule has 0 unspecified atom stereocenters. The highest BCUT2D eigenvalue weighted by atomic mass is 35.5. The number of rotatable bonds is 6. The molecule has 0 aliphatic rings. The van der Waals surface area contributed by atoms with Crippen LogP contribution in [-0.2, 0) is 13.2 Å². The number of hydrogen-bond acceptors (Lipinski definition) is 2. The Labute approximate surface area is 145 Å². The summed E-state index contributed by atoms with van der Waals surface area (Å²) in [5.74, 6) is 0.450. The maximum Gasteiger partial charge on any atom is 0.129 e. The van der Waals surface area contributed by atoms with Gasteiger partial charge < -0.3 is 10.1 Å². The zero-order valence-corrected chi connectivity index (χ0v) is 13.8. The van der Waals surface area contributed by atoms with E-state index in [0.29, 0.717) is 22.9 Å². The molecule has 3 rings (SSSR count). The van der Waals surface area contributed by atoms with Gasteiger partial charge in [-0.1, -0.05) is 54.1 Å². The molecular weight excluding hydrogens is 325 g/mol. The highest BCUT2D eigenvalue weighted by Gasteiger charge is 2.03. The van der Waals surface area contributed by atoms with E-state index in [9.17, 15) is 4.39 Å². The molecule has 3 aromatic carbocycles. The molecule has 24 heavy (non-hydrogen) atoms. The van der Waals surface area contributed by atoms with E-state index in [4.69, 9.17) is 16.3 Å². The van der Waals surface area contributed by atoms with E-state index >= 15 is 0 Å². The van der Waals surface area contributed by atoms with Gasteiger partial charge >= 0.3 is 0 Å². The van der Waals surface area contributed by atoms with E-state index < -0.39 is 0 Å². The van der Waals surface area contributed by atoms with Gasteiger partial charge in [-0.05, 0) is 35.9 Å².